The van der Waals surface area contributed by atoms with Crippen LogP contribution in [-0.2, 0) is 16.0 Å². The first-order valence-corrected chi connectivity index (χ1v) is 10.3. The van der Waals surface area contributed by atoms with E-state index in [1.807, 2.05) is 29.2 Å². The molecule has 2 unspecified atom stereocenters. The molecule has 0 spiro atoms. The van der Waals surface area contributed by atoms with Crippen molar-refractivity contribution in [2.24, 2.45) is 11.8 Å². The van der Waals surface area contributed by atoms with Gasteiger partial charge in [-0.05, 0) is 43.0 Å². The van der Waals surface area contributed by atoms with E-state index in [2.05, 4.69) is 11.4 Å². The molecular formula is C23H24N2O4. The molecule has 1 N–H and O–H groups in total. The summed E-state index contributed by atoms with van der Waals surface area (Å²) in [5.74, 6) is 0.724. The Bertz CT molecular complexity index is 958. The minimum absolute atomic E-state index is 0.0838. The Hall–Kier alpha value is -3.02. The molecule has 3 aliphatic rings. The molecule has 0 bridgehead atoms. The fraction of sp³-hybridized carbons (Fsp3) is 0.391. The third-order valence-electron chi connectivity index (χ3n) is 6.21. The van der Waals surface area contributed by atoms with E-state index >= 15 is 0 Å². The second kappa shape index (κ2) is 7.43. The van der Waals surface area contributed by atoms with Crippen molar-refractivity contribution in [1.82, 2.24) is 0 Å². The van der Waals surface area contributed by atoms with E-state index in [1.54, 1.807) is 12.1 Å². The number of benzene rings is 2. The van der Waals surface area contributed by atoms with Crippen molar-refractivity contribution in [3.05, 3.63) is 48.0 Å². The van der Waals surface area contributed by atoms with Gasteiger partial charge in [0.1, 0.15) is 0 Å². The minimum atomic E-state index is -0.311. The SMILES string of the molecule is O=C(Nc1ccc2c(c1)OCO2)C1CCCCC1C(=O)N1CCc2ccccc21. The van der Waals surface area contributed by atoms with E-state index in [0.717, 1.165) is 37.8 Å². The van der Waals surface area contributed by atoms with Gasteiger partial charge in [0.25, 0.3) is 0 Å². The van der Waals surface area contributed by atoms with Gasteiger partial charge >= 0.3 is 0 Å². The predicted octanol–water partition coefficient (Wildman–Crippen LogP) is 3.75. The molecule has 2 aromatic rings. The van der Waals surface area contributed by atoms with Gasteiger partial charge < -0.3 is 19.7 Å². The molecule has 29 heavy (non-hydrogen) atoms. The normalized spacial score (nSPS) is 22.3. The molecule has 1 fully saturated rings. The average molecular weight is 392 g/mol. The van der Waals surface area contributed by atoms with Crippen molar-refractivity contribution in [3.8, 4) is 11.5 Å². The number of nitrogens with zero attached hydrogens (tertiary/aromatic N) is 1. The number of nitrogens with one attached hydrogen (secondary N) is 1. The zero-order valence-corrected chi connectivity index (χ0v) is 16.2. The predicted molar refractivity (Wildman–Crippen MR) is 109 cm³/mol. The first kappa shape index (κ1) is 18.0. The molecule has 0 aromatic heterocycles. The maximum Gasteiger partial charge on any atom is 0.231 e. The van der Waals surface area contributed by atoms with Crippen molar-refractivity contribution in [3.63, 3.8) is 0 Å². The lowest BCUT2D eigenvalue weighted by atomic mass is 9.77. The molecule has 0 saturated heterocycles. The van der Waals surface area contributed by atoms with Crippen molar-refractivity contribution < 1.29 is 19.1 Å². The maximum atomic E-state index is 13.4. The summed E-state index contributed by atoms with van der Waals surface area (Å²) in [7, 11) is 0. The Morgan fingerprint density at radius 2 is 1.76 bits per heavy atom. The number of anilines is 2. The molecule has 2 atom stereocenters. The number of hydrogen-bond donors (Lipinski definition) is 1. The third kappa shape index (κ3) is 3.33. The zero-order chi connectivity index (χ0) is 19.8. The van der Waals surface area contributed by atoms with Crippen LogP contribution in [0.2, 0.25) is 0 Å². The first-order valence-electron chi connectivity index (χ1n) is 10.3. The Morgan fingerprint density at radius 3 is 2.66 bits per heavy atom. The number of rotatable bonds is 3. The second-order valence-corrected chi connectivity index (χ2v) is 7.92. The quantitative estimate of drug-likeness (QED) is 0.864. The second-order valence-electron chi connectivity index (χ2n) is 7.92. The van der Waals surface area contributed by atoms with Gasteiger partial charge in [-0.2, -0.15) is 0 Å². The summed E-state index contributed by atoms with van der Waals surface area (Å²) in [6.45, 7) is 0.897. The number of carbonyl (C=O) groups is 2. The molecule has 6 nitrogen and oxygen atoms in total. The minimum Gasteiger partial charge on any atom is -0.454 e. The van der Waals surface area contributed by atoms with Crippen molar-refractivity contribution >= 4 is 23.2 Å². The molecule has 1 saturated carbocycles. The molecule has 2 aromatic carbocycles. The van der Waals surface area contributed by atoms with Gasteiger partial charge in [0.2, 0.25) is 18.6 Å². The van der Waals surface area contributed by atoms with E-state index in [4.69, 9.17) is 9.47 Å². The van der Waals surface area contributed by atoms with Crippen molar-refractivity contribution in [2.45, 2.75) is 32.1 Å². The Balaban J connectivity index is 1.33. The lowest BCUT2D eigenvalue weighted by Crippen LogP contribution is -2.43. The van der Waals surface area contributed by atoms with E-state index in [9.17, 15) is 9.59 Å². The van der Waals surface area contributed by atoms with E-state index in [1.165, 1.54) is 5.56 Å². The highest BCUT2D eigenvalue weighted by atomic mass is 16.7. The van der Waals surface area contributed by atoms with Crippen LogP contribution in [-0.4, -0.2) is 25.2 Å². The fourth-order valence-electron chi connectivity index (χ4n) is 4.72. The summed E-state index contributed by atoms with van der Waals surface area (Å²) in [6, 6.07) is 13.4. The highest BCUT2D eigenvalue weighted by molar-refractivity contribution is 6.02. The van der Waals surface area contributed by atoms with Crippen LogP contribution < -0.4 is 19.7 Å². The monoisotopic (exact) mass is 392 g/mol. The molecule has 2 amide bonds. The van der Waals surface area contributed by atoms with Crippen molar-refractivity contribution in [2.75, 3.05) is 23.6 Å². The van der Waals surface area contributed by atoms with Crippen molar-refractivity contribution in [1.29, 1.82) is 0 Å². The molecule has 150 valence electrons. The number of amides is 2. The summed E-state index contributed by atoms with van der Waals surface area (Å²) >= 11 is 0. The van der Waals surface area contributed by atoms with Crippen LogP contribution >= 0.6 is 0 Å². The summed E-state index contributed by atoms with van der Waals surface area (Å²) in [4.78, 5) is 28.4. The summed E-state index contributed by atoms with van der Waals surface area (Å²) in [5.41, 5.74) is 2.87. The molecule has 0 radical (unpaired) electrons. The lowest BCUT2D eigenvalue weighted by Gasteiger charge is -2.32. The largest absolute Gasteiger partial charge is 0.454 e. The number of carbonyl (C=O) groups excluding carboxylic acids is 2. The van der Waals surface area contributed by atoms with Gasteiger partial charge in [0, 0.05) is 29.9 Å². The van der Waals surface area contributed by atoms with Crippen LogP contribution in [0.1, 0.15) is 31.2 Å². The molecule has 2 heterocycles. The molecule has 1 aliphatic carbocycles. The van der Waals surface area contributed by atoms with Gasteiger partial charge in [-0.3, -0.25) is 9.59 Å². The Morgan fingerprint density at radius 1 is 0.966 bits per heavy atom. The van der Waals surface area contributed by atoms with E-state index in [0.29, 0.717) is 23.7 Å². The van der Waals surface area contributed by atoms with E-state index in [-0.39, 0.29) is 30.4 Å². The summed E-state index contributed by atoms with van der Waals surface area (Å²) < 4.78 is 10.7. The highest BCUT2D eigenvalue weighted by Gasteiger charge is 2.39. The number of ether oxygens (including phenoxy) is 2. The van der Waals surface area contributed by atoms with Gasteiger partial charge in [0.05, 0.1) is 5.92 Å². The number of hydrogen-bond acceptors (Lipinski definition) is 4. The smallest absolute Gasteiger partial charge is 0.231 e. The fourth-order valence-corrected chi connectivity index (χ4v) is 4.72. The van der Waals surface area contributed by atoms with Crippen LogP contribution in [0.25, 0.3) is 0 Å². The lowest BCUT2D eigenvalue weighted by molar-refractivity contribution is -0.132. The van der Waals surface area contributed by atoms with Gasteiger partial charge in [-0.25, -0.2) is 0 Å². The molecule has 2 aliphatic heterocycles. The summed E-state index contributed by atoms with van der Waals surface area (Å²) in [5, 5.41) is 2.99. The molecule has 5 rings (SSSR count). The standard InChI is InChI=1S/C23H24N2O4/c26-22(24-16-9-10-20-21(13-16)29-14-28-20)17-6-2-3-7-18(17)23(27)25-12-11-15-5-1-4-8-19(15)25/h1,4-5,8-10,13,17-18H,2-3,6-7,11-12,14H2,(H,24,26). The van der Waals surface area contributed by atoms with Crippen LogP contribution in [0.4, 0.5) is 11.4 Å². The Kier molecular flexibility index (Phi) is 4.62. The highest BCUT2D eigenvalue weighted by Crippen LogP contribution is 2.38. The van der Waals surface area contributed by atoms with Gasteiger partial charge in [-0.15, -0.1) is 0 Å². The molecular weight excluding hydrogens is 368 g/mol. The summed E-state index contributed by atoms with van der Waals surface area (Å²) in [6.07, 6.45) is 4.33. The number of fused-ring (bicyclic) bond motifs is 2. The first-order chi connectivity index (χ1) is 14.2. The average Bonchev–Trinajstić information content (AvgIpc) is 3.39. The zero-order valence-electron chi connectivity index (χ0n) is 16.2. The number of para-hydroxylation sites is 1. The van der Waals surface area contributed by atoms with Crippen LogP contribution in [0.5, 0.6) is 11.5 Å². The van der Waals surface area contributed by atoms with Crippen LogP contribution in [0.3, 0.4) is 0 Å². The Labute approximate surface area is 169 Å². The molecule has 6 heteroatoms. The van der Waals surface area contributed by atoms with Gasteiger partial charge in [0.15, 0.2) is 11.5 Å². The maximum absolute atomic E-state index is 13.4. The third-order valence-corrected chi connectivity index (χ3v) is 6.21. The van der Waals surface area contributed by atoms with Crippen LogP contribution in [0, 0.1) is 11.8 Å². The topological polar surface area (TPSA) is 67.9 Å². The van der Waals surface area contributed by atoms with E-state index < -0.39 is 0 Å². The van der Waals surface area contributed by atoms with Crippen LogP contribution in [0.15, 0.2) is 42.5 Å². The van der Waals surface area contributed by atoms with Gasteiger partial charge in [-0.1, -0.05) is 31.0 Å².